The number of esters is 1. The first-order valence-corrected chi connectivity index (χ1v) is 7.48. The highest BCUT2D eigenvalue weighted by molar-refractivity contribution is 5.69. The van der Waals surface area contributed by atoms with E-state index < -0.39 is 0 Å². The van der Waals surface area contributed by atoms with Gasteiger partial charge in [-0.05, 0) is 26.2 Å². The van der Waals surface area contributed by atoms with E-state index in [0.29, 0.717) is 13.0 Å². The summed E-state index contributed by atoms with van der Waals surface area (Å²) in [6.45, 7) is 4.91. The van der Waals surface area contributed by atoms with Crippen LogP contribution in [0.4, 0.5) is 0 Å². The molecule has 0 bridgehead atoms. The van der Waals surface area contributed by atoms with Crippen LogP contribution >= 0.6 is 0 Å². The molecule has 0 fully saturated rings. The molecular weight excluding hydrogens is 252 g/mol. The number of aryl methyl sites for hydroxylation is 1. The van der Waals surface area contributed by atoms with E-state index in [2.05, 4.69) is 26.0 Å². The molecule has 0 spiro atoms. The first-order valence-electron chi connectivity index (χ1n) is 7.48. The molecule has 0 saturated carbocycles. The van der Waals surface area contributed by atoms with E-state index in [0.717, 1.165) is 32.1 Å². The van der Waals surface area contributed by atoms with Gasteiger partial charge in [0.2, 0.25) is 0 Å². The minimum absolute atomic E-state index is 0.105. The molecule has 0 amide bonds. The van der Waals surface area contributed by atoms with Crippen molar-refractivity contribution in [2.45, 2.75) is 52.4 Å². The number of hydrogen-bond acceptors (Lipinski definition) is 3. The van der Waals surface area contributed by atoms with Crippen molar-refractivity contribution in [1.82, 2.24) is 0 Å². The third kappa shape index (κ3) is 13.1. The van der Waals surface area contributed by atoms with Gasteiger partial charge in [0.25, 0.3) is 0 Å². The van der Waals surface area contributed by atoms with Crippen molar-refractivity contribution >= 4 is 5.97 Å². The summed E-state index contributed by atoms with van der Waals surface area (Å²) < 4.78 is 4.96. The molecule has 0 unspecified atom stereocenters. The van der Waals surface area contributed by atoms with Crippen molar-refractivity contribution in [1.29, 1.82) is 0 Å². The van der Waals surface area contributed by atoms with E-state index in [1.54, 1.807) is 0 Å². The second-order valence-corrected chi connectivity index (χ2v) is 4.76. The molecule has 114 valence electrons. The summed E-state index contributed by atoms with van der Waals surface area (Å²) in [5, 5.41) is 8.49. The van der Waals surface area contributed by atoms with Crippen LogP contribution in [0.5, 0.6) is 0 Å². The second kappa shape index (κ2) is 14.1. The standard InChI is InChI=1S/C10H20O3.C7H8/c1-2-3-9-13-10(12)7-5-4-6-8-11;1-7-5-3-2-4-6-7/h11H,2-9H2,1H3;2-6H,1H3. The molecule has 1 aromatic carbocycles. The maximum absolute atomic E-state index is 11.0. The summed E-state index contributed by atoms with van der Waals surface area (Å²) in [5.74, 6) is -0.105. The summed E-state index contributed by atoms with van der Waals surface area (Å²) in [4.78, 5) is 11.0. The minimum Gasteiger partial charge on any atom is -0.466 e. The quantitative estimate of drug-likeness (QED) is 0.580. The average molecular weight is 280 g/mol. The Labute approximate surface area is 123 Å². The van der Waals surface area contributed by atoms with Crippen LogP contribution in [0.25, 0.3) is 0 Å². The van der Waals surface area contributed by atoms with Crippen molar-refractivity contribution in [3.8, 4) is 0 Å². The molecule has 0 atom stereocenters. The zero-order valence-electron chi connectivity index (χ0n) is 12.8. The van der Waals surface area contributed by atoms with Gasteiger partial charge in [0.1, 0.15) is 0 Å². The molecule has 1 rings (SSSR count). The van der Waals surface area contributed by atoms with Crippen LogP contribution in [-0.2, 0) is 9.53 Å². The highest BCUT2D eigenvalue weighted by Gasteiger charge is 2.00. The summed E-state index contributed by atoms with van der Waals surface area (Å²) in [5.41, 5.74) is 1.32. The lowest BCUT2D eigenvalue weighted by Gasteiger charge is -2.02. The summed E-state index contributed by atoms with van der Waals surface area (Å²) in [6.07, 6.45) is 5.00. The van der Waals surface area contributed by atoms with Crippen molar-refractivity contribution in [2.24, 2.45) is 0 Å². The molecule has 0 aromatic heterocycles. The van der Waals surface area contributed by atoms with Crippen LogP contribution in [0.3, 0.4) is 0 Å². The number of aliphatic hydroxyl groups excluding tert-OH is 1. The Hall–Kier alpha value is -1.35. The minimum atomic E-state index is -0.105. The molecule has 1 N–H and O–H groups in total. The number of carbonyl (C=O) groups excluding carboxylic acids is 1. The Balaban J connectivity index is 0.000000428. The molecular formula is C17H28O3. The van der Waals surface area contributed by atoms with Gasteiger partial charge in [-0.1, -0.05) is 55.7 Å². The third-order valence-electron chi connectivity index (χ3n) is 2.74. The summed E-state index contributed by atoms with van der Waals surface area (Å²) >= 11 is 0. The monoisotopic (exact) mass is 280 g/mol. The summed E-state index contributed by atoms with van der Waals surface area (Å²) in [6, 6.07) is 10.3. The smallest absolute Gasteiger partial charge is 0.305 e. The maximum Gasteiger partial charge on any atom is 0.305 e. The van der Waals surface area contributed by atoms with Gasteiger partial charge in [-0.15, -0.1) is 0 Å². The molecule has 0 aliphatic carbocycles. The van der Waals surface area contributed by atoms with Crippen molar-refractivity contribution in [3.05, 3.63) is 35.9 Å². The van der Waals surface area contributed by atoms with E-state index in [1.807, 2.05) is 18.2 Å². The normalized spacial score (nSPS) is 9.55. The van der Waals surface area contributed by atoms with Gasteiger partial charge >= 0.3 is 5.97 Å². The molecule has 1 aromatic rings. The SMILES string of the molecule is CCCCOC(=O)CCCCCO.Cc1ccccc1. The number of aliphatic hydroxyl groups is 1. The van der Waals surface area contributed by atoms with Crippen molar-refractivity contribution < 1.29 is 14.6 Å². The predicted molar refractivity (Wildman–Crippen MR) is 82.6 cm³/mol. The lowest BCUT2D eigenvalue weighted by molar-refractivity contribution is -0.143. The van der Waals surface area contributed by atoms with Crippen LogP contribution in [0.2, 0.25) is 0 Å². The zero-order chi connectivity index (χ0) is 15.1. The number of benzene rings is 1. The fourth-order valence-corrected chi connectivity index (χ4v) is 1.49. The summed E-state index contributed by atoms with van der Waals surface area (Å²) in [7, 11) is 0. The number of hydrogen-bond donors (Lipinski definition) is 1. The Kier molecular flexibility index (Phi) is 13.1. The van der Waals surface area contributed by atoms with Crippen molar-refractivity contribution in [3.63, 3.8) is 0 Å². The molecule has 0 aliphatic heterocycles. The largest absolute Gasteiger partial charge is 0.466 e. The molecule has 0 saturated heterocycles. The maximum atomic E-state index is 11.0. The van der Waals surface area contributed by atoms with Crippen LogP contribution in [0.15, 0.2) is 30.3 Å². The molecule has 0 aliphatic rings. The van der Waals surface area contributed by atoms with Gasteiger partial charge in [-0.2, -0.15) is 0 Å². The number of ether oxygens (including phenoxy) is 1. The highest BCUT2D eigenvalue weighted by Crippen LogP contribution is 2.01. The predicted octanol–water partition coefficient (Wildman–Crippen LogP) is 3.88. The van der Waals surface area contributed by atoms with Crippen LogP contribution in [0, 0.1) is 6.92 Å². The van der Waals surface area contributed by atoms with Crippen LogP contribution < -0.4 is 0 Å². The fraction of sp³-hybridized carbons (Fsp3) is 0.588. The van der Waals surface area contributed by atoms with Gasteiger partial charge in [0.15, 0.2) is 0 Å². The van der Waals surface area contributed by atoms with Gasteiger partial charge in [-0.3, -0.25) is 4.79 Å². The topological polar surface area (TPSA) is 46.5 Å². The molecule has 20 heavy (non-hydrogen) atoms. The Morgan fingerprint density at radius 2 is 1.80 bits per heavy atom. The first-order chi connectivity index (χ1) is 9.70. The average Bonchev–Trinajstić information content (AvgIpc) is 2.45. The Morgan fingerprint density at radius 1 is 1.10 bits per heavy atom. The van der Waals surface area contributed by atoms with E-state index >= 15 is 0 Å². The van der Waals surface area contributed by atoms with Gasteiger partial charge in [0, 0.05) is 13.0 Å². The zero-order valence-corrected chi connectivity index (χ0v) is 12.8. The molecule has 3 heteroatoms. The van der Waals surface area contributed by atoms with Crippen LogP contribution in [0.1, 0.15) is 51.0 Å². The van der Waals surface area contributed by atoms with Crippen LogP contribution in [-0.4, -0.2) is 24.3 Å². The fourth-order valence-electron chi connectivity index (χ4n) is 1.49. The molecule has 3 nitrogen and oxygen atoms in total. The highest BCUT2D eigenvalue weighted by atomic mass is 16.5. The number of carbonyl (C=O) groups is 1. The van der Waals surface area contributed by atoms with Gasteiger partial charge in [0.05, 0.1) is 6.61 Å². The molecule has 0 heterocycles. The molecule has 0 radical (unpaired) electrons. The second-order valence-electron chi connectivity index (χ2n) is 4.76. The van der Waals surface area contributed by atoms with E-state index in [4.69, 9.17) is 9.84 Å². The third-order valence-corrected chi connectivity index (χ3v) is 2.74. The van der Waals surface area contributed by atoms with Gasteiger partial charge < -0.3 is 9.84 Å². The lowest BCUT2D eigenvalue weighted by Crippen LogP contribution is -2.05. The van der Waals surface area contributed by atoms with E-state index in [-0.39, 0.29) is 12.6 Å². The lowest BCUT2D eigenvalue weighted by atomic mass is 10.2. The first kappa shape index (κ1) is 18.7. The number of unbranched alkanes of at least 4 members (excludes halogenated alkanes) is 3. The van der Waals surface area contributed by atoms with Gasteiger partial charge in [-0.25, -0.2) is 0 Å². The Morgan fingerprint density at radius 3 is 2.30 bits per heavy atom. The Bertz CT molecular complexity index is 322. The number of rotatable bonds is 8. The van der Waals surface area contributed by atoms with E-state index in [1.165, 1.54) is 5.56 Å². The van der Waals surface area contributed by atoms with Crippen molar-refractivity contribution in [2.75, 3.05) is 13.2 Å². The van der Waals surface area contributed by atoms with E-state index in [9.17, 15) is 4.79 Å².